The van der Waals surface area contributed by atoms with Gasteiger partial charge in [-0.3, -0.25) is 9.59 Å². The van der Waals surface area contributed by atoms with Gasteiger partial charge in [0.15, 0.2) is 0 Å². The molecule has 2 amide bonds. The molecular weight excluding hydrogens is 352 g/mol. The molecule has 0 atom stereocenters. The van der Waals surface area contributed by atoms with Gasteiger partial charge in [-0.15, -0.1) is 0 Å². The van der Waals surface area contributed by atoms with Crippen molar-refractivity contribution >= 4 is 17.5 Å². The number of ether oxygens (including phenoxy) is 1. The fourth-order valence-corrected chi connectivity index (χ4v) is 3.49. The molecule has 0 saturated carbocycles. The van der Waals surface area contributed by atoms with Crippen LogP contribution in [0.25, 0.3) is 0 Å². The van der Waals surface area contributed by atoms with Crippen LogP contribution in [-0.2, 0) is 27.3 Å². The minimum absolute atomic E-state index is 0.0167. The van der Waals surface area contributed by atoms with Gasteiger partial charge in [0.1, 0.15) is 6.61 Å². The van der Waals surface area contributed by atoms with Crippen molar-refractivity contribution in [3.05, 3.63) is 65.2 Å². The lowest BCUT2D eigenvalue weighted by molar-refractivity contribution is -0.129. The van der Waals surface area contributed by atoms with Crippen molar-refractivity contribution in [3.8, 4) is 0 Å². The second kappa shape index (κ2) is 9.51. The lowest BCUT2D eigenvalue weighted by Gasteiger charge is -2.24. The van der Waals surface area contributed by atoms with Crippen molar-refractivity contribution < 1.29 is 14.3 Å². The van der Waals surface area contributed by atoms with Crippen LogP contribution in [0.15, 0.2) is 48.5 Å². The maximum atomic E-state index is 12.7. The highest BCUT2D eigenvalue weighted by molar-refractivity contribution is 5.94. The van der Waals surface area contributed by atoms with Gasteiger partial charge in [-0.1, -0.05) is 42.0 Å². The summed E-state index contributed by atoms with van der Waals surface area (Å²) in [4.78, 5) is 28.8. The van der Waals surface area contributed by atoms with Crippen molar-refractivity contribution in [1.82, 2.24) is 4.90 Å². The number of hydrogen-bond donors (Lipinski definition) is 0. The molecule has 1 aliphatic heterocycles. The molecule has 1 heterocycles. The highest BCUT2D eigenvalue weighted by Crippen LogP contribution is 2.21. The molecule has 1 aliphatic rings. The molecule has 0 N–H and O–H groups in total. The van der Waals surface area contributed by atoms with Gasteiger partial charge < -0.3 is 14.5 Å². The number of methoxy groups -OCH3 is 1. The van der Waals surface area contributed by atoms with Crippen molar-refractivity contribution in [1.29, 1.82) is 0 Å². The Hall–Kier alpha value is -2.66. The lowest BCUT2D eigenvalue weighted by atomic mass is 10.1. The molecule has 0 spiro atoms. The quantitative estimate of drug-likeness (QED) is 0.740. The third-order valence-corrected chi connectivity index (χ3v) is 5.07. The van der Waals surface area contributed by atoms with Gasteiger partial charge in [-0.2, -0.15) is 0 Å². The van der Waals surface area contributed by atoms with E-state index in [9.17, 15) is 9.59 Å². The molecule has 5 heteroatoms. The molecule has 0 bridgehead atoms. The first kappa shape index (κ1) is 20.1. The highest BCUT2D eigenvalue weighted by Gasteiger charge is 2.20. The SMILES string of the molecule is COCC(=O)N(Cc1ccc(C)cc1)c1cccc(CC(=O)N2CCCC2)c1. The van der Waals surface area contributed by atoms with Crippen LogP contribution in [-0.4, -0.2) is 43.5 Å². The lowest BCUT2D eigenvalue weighted by Crippen LogP contribution is -2.33. The molecule has 1 saturated heterocycles. The van der Waals surface area contributed by atoms with Gasteiger partial charge in [0, 0.05) is 25.9 Å². The zero-order valence-corrected chi connectivity index (χ0v) is 16.7. The summed E-state index contributed by atoms with van der Waals surface area (Å²) in [5.41, 5.74) is 3.94. The first-order valence-electron chi connectivity index (χ1n) is 9.78. The van der Waals surface area contributed by atoms with E-state index in [0.29, 0.717) is 13.0 Å². The second-order valence-electron chi connectivity index (χ2n) is 7.33. The normalized spacial score (nSPS) is 13.6. The summed E-state index contributed by atoms with van der Waals surface area (Å²) >= 11 is 0. The highest BCUT2D eigenvalue weighted by atomic mass is 16.5. The van der Waals surface area contributed by atoms with Crippen molar-refractivity contribution in [2.24, 2.45) is 0 Å². The van der Waals surface area contributed by atoms with Crippen LogP contribution < -0.4 is 4.90 Å². The third kappa shape index (κ3) is 5.20. The van der Waals surface area contributed by atoms with Crippen molar-refractivity contribution in [2.45, 2.75) is 32.7 Å². The van der Waals surface area contributed by atoms with Gasteiger partial charge in [-0.05, 0) is 43.0 Å². The molecule has 3 rings (SSSR count). The van der Waals surface area contributed by atoms with Gasteiger partial charge in [0.25, 0.3) is 5.91 Å². The van der Waals surface area contributed by atoms with Crippen LogP contribution in [0.3, 0.4) is 0 Å². The number of aryl methyl sites for hydroxylation is 1. The van der Waals surface area contributed by atoms with E-state index in [2.05, 4.69) is 0 Å². The molecule has 28 heavy (non-hydrogen) atoms. The van der Waals surface area contributed by atoms with Gasteiger partial charge >= 0.3 is 0 Å². The largest absolute Gasteiger partial charge is 0.375 e. The molecule has 1 fully saturated rings. The average Bonchev–Trinajstić information content (AvgIpc) is 3.23. The van der Waals surface area contributed by atoms with E-state index in [4.69, 9.17) is 4.74 Å². The van der Waals surface area contributed by atoms with Crippen molar-refractivity contribution in [2.75, 3.05) is 31.7 Å². The van der Waals surface area contributed by atoms with Crippen molar-refractivity contribution in [3.63, 3.8) is 0 Å². The van der Waals surface area contributed by atoms with E-state index in [1.165, 1.54) is 12.7 Å². The standard InChI is InChI=1S/C23H28N2O3/c1-18-8-10-19(11-9-18)16-25(23(27)17-28-2)21-7-5-6-20(14-21)15-22(26)24-12-3-4-13-24/h5-11,14H,3-4,12-13,15-17H2,1-2H3. The topological polar surface area (TPSA) is 49.9 Å². The molecule has 2 aromatic rings. The van der Waals surface area contributed by atoms with Gasteiger partial charge in [0.2, 0.25) is 5.91 Å². The van der Waals surface area contributed by atoms with Gasteiger partial charge in [0.05, 0.1) is 13.0 Å². The Morgan fingerprint density at radius 3 is 2.43 bits per heavy atom. The Morgan fingerprint density at radius 2 is 1.75 bits per heavy atom. The molecule has 148 valence electrons. The Balaban J connectivity index is 1.79. The van der Waals surface area contributed by atoms with Gasteiger partial charge in [-0.25, -0.2) is 0 Å². The molecule has 5 nitrogen and oxygen atoms in total. The summed E-state index contributed by atoms with van der Waals surface area (Å²) in [6, 6.07) is 15.8. The van der Waals surface area contributed by atoms with E-state index in [-0.39, 0.29) is 18.4 Å². The minimum Gasteiger partial charge on any atom is -0.375 e. The van der Waals surface area contributed by atoms with Crippen LogP contribution in [0, 0.1) is 6.92 Å². The average molecular weight is 380 g/mol. The van der Waals surface area contributed by atoms with E-state index in [0.717, 1.165) is 42.7 Å². The molecule has 0 aliphatic carbocycles. The number of hydrogen-bond acceptors (Lipinski definition) is 3. The first-order chi connectivity index (χ1) is 13.6. The Kier molecular flexibility index (Phi) is 6.82. The van der Waals surface area contributed by atoms with E-state index in [1.807, 2.05) is 60.4 Å². The summed E-state index contributed by atoms with van der Waals surface area (Å²) < 4.78 is 5.07. The van der Waals surface area contributed by atoms with Crippen LogP contribution in [0.4, 0.5) is 5.69 Å². The van der Waals surface area contributed by atoms with E-state index in [1.54, 1.807) is 4.90 Å². The summed E-state index contributed by atoms with van der Waals surface area (Å²) in [6.07, 6.45) is 2.54. The predicted molar refractivity (Wildman–Crippen MR) is 110 cm³/mol. The second-order valence-corrected chi connectivity index (χ2v) is 7.33. The number of carbonyl (C=O) groups is 2. The number of amides is 2. The fourth-order valence-electron chi connectivity index (χ4n) is 3.49. The maximum absolute atomic E-state index is 12.7. The Morgan fingerprint density at radius 1 is 1.04 bits per heavy atom. The first-order valence-corrected chi connectivity index (χ1v) is 9.78. The zero-order chi connectivity index (χ0) is 19.9. The van der Waals surface area contributed by atoms with Crippen LogP contribution >= 0.6 is 0 Å². The smallest absolute Gasteiger partial charge is 0.253 e. The minimum atomic E-state index is -0.105. The van der Waals surface area contributed by atoms with Crippen LogP contribution in [0.1, 0.15) is 29.5 Å². The summed E-state index contributed by atoms with van der Waals surface area (Å²) in [6.45, 7) is 4.22. The van der Waals surface area contributed by atoms with E-state index >= 15 is 0 Å². The summed E-state index contributed by atoms with van der Waals surface area (Å²) in [7, 11) is 1.52. The molecule has 0 radical (unpaired) electrons. The number of nitrogens with zero attached hydrogens (tertiary/aromatic N) is 2. The molecular formula is C23H28N2O3. The summed E-state index contributed by atoms with van der Waals surface area (Å²) in [5.74, 6) is 0.0500. The molecule has 0 unspecified atom stereocenters. The number of benzene rings is 2. The zero-order valence-electron chi connectivity index (χ0n) is 16.7. The molecule has 0 aromatic heterocycles. The molecule has 2 aromatic carbocycles. The number of carbonyl (C=O) groups excluding carboxylic acids is 2. The fraction of sp³-hybridized carbons (Fsp3) is 0.391. The number of rotatable bonds is 7. The predicted octanol–water partition coefficient (Wildman–Crippen LogP) is 3.34. The Bertz CT molecular complexity index is 811. The van der Waals surface area contributed by atoms with Crippen LogP contribution in [0.5, 0.6) is 0 Å². The number of likely N-dealkylation sites (tertiary alicyclic amines) is 1. The Labute approximate surface area is 166 Å². The number of anilines is 1. The maximum Gasteiger partial charge on any atom is 0.253 e. The van der Waals surface area contributed by atoms with E-state index < -0.39 is 0 Å². The monoisotopic (exact) mass is 380 g/mol. The third-order valence-electron chi connectivity index (χ3n) is 5.07. The van der Waals surface area contributed by atoms with Crippen LogP contribution in [0.2, 0.25) is 0 Å². The summed E-state index contributed by atoms with van der Waals surface area (Å²) in [5, 5.41) is 0.